The van der Waals surface area contributed by atoms with Gasteiger partial charge in [-0.25, -0.2) is 4.98 Å². The normalized spacial score (nSPS) is 10.3. The number of hydrogen-bond donors (Lipinski definition) is 1. The molecule has 0 atom stereocenters. The number of nitrogens with one attached hydrogen (secondary N) is 1. The molecular formula is C13H12BrClN2. The van der Waals surface area contributed by atoms with Gasteiger partial charge in [0.05, 0.1) is 5.02 Å². The summed E-state index contributed by atoms with van der Waals surface area (Å²) in [6.07, 6.45) is 2.60. The van der Waals surface area contributed by atoms with Crippen LogP contribution in [0.3, 0.4) is 0 Å². The highest BCUT2D eigenvalue weighted by molar-refractivity contribution is 9.10. The van der Waals surface area contributed by atoms with Crippen LogP contribution < -0.4 is 5.32 Å². The van der Waals surface area contributed by atoms with Crippen molar-refractivity contribution >= 4 is 39.0 Å². The Kier molecular flexibility index (Phi) is 4.02. The quantitative estimate of drug-likeness (QED) is 0.880. The summed E-state index contributed by atoms with van der Waals surface area (Å²) < 4.78 is 1.09. The number of benzene rings is 1. The van der Waals surface area contributed by atoms with Crippen molar-refractivity contribution in [2.45, 2.75) is 13.3 Å². The van der Waals surface area contributed by atoms with E-state index >= 15 is 0 Å². The molecule has 88 valence electrons. The Morgan fingerprint density at radius 2 is 2.12 bits per heavy atom. The average molecular weight is 312 g/mol. The highest BCUT2D eigenvalue weighted by Gasteiger charge is 2.02. The highest BCUT2D eigenvalue weighted by Crippen LogP contribution is 2.24. The Morgan fingerprint density at radius 1 is 1.29 bits per heavy atom. The van der Waals surface area contributed by atoms with Crippen molar-refractivity contribution in [3.8, 4) is 0 Å². The fourth-order valence-corrected chi connectivity index (χ4v) is 2.08. The van der Waals surface area contributed by atoms with E-state index in [1.54, 1.807) is 6.20 Å². The van der Waals surface area contributed by atoms with Crippen LogP contribution in [0.4, 0.5) is 11.5 Å². The Hall–Kier alpha value is -1.06. The molecule has 1 N–H and O–H groups in total. The molecule has 0 saturated heterocycles. The number of aryl methyl sites for hydroxylation is 1. The van der Waals surface area contributed by atoms with Crippen LogP contribution in [-0.2, 0) is 6.42 Å². The van der Waals surface area contributed by atoms with E-state index in [4.69, 9.17) is 11.6 Å². The second-order valence-electron chi connectivity index (χ2n) is 3.64. The molecular weight excluding hydrogens is 300 g/mol. The summed E-state index contributed by atoms with van der Waals surface area (Å²) in [4.78, 5) is 4.22. The van der Waals surface area contributed by atoms with Gasteiger partial charge in [-0.15, -0.1) is 0 Å². The van der Waals surface area contributed by atoms with Gasteiger partial charge in [-0.05, 0) is 42.3 Å². The SMILES string of the molecule is CCc1cc(Br)ccc1Nc1ccc(Cl)cn1. The monoisotopic (exact) mass is 310 g/mol. The van der Waals surface area contributed by atoms with E-state index in [2.05, 4.69) is 39.2 Å². The topological polar surface area (TPSA) is 24.9 Å². The third kappa shape index (κ3) is 3.20. The third-order valence-corrected chi connectivity index (χ3v) is 3.16. The first kappa shape index (κ1) is 12.4. The van der Waals surface area contributed by atoms with Crippen molar-refractivity contribution in [1.82, 2.24) is 4.98 Å². The Balaban J connectivity index is 2.26. The first-order valence-electron chi connectivity index (χ1n) is 5.36. The van der Waals surface area contributed by atoms with Crippen molar-refractivity contribution in [2.24, 2.45) is 0 Å². The molecule has 2 rings (SSSR count). The maximum absolute atomic E-state index is 5.80. The number of aromatic nitrogens is 1. The number of pyridine rings is 1. The number of halogens is 2. The summed E-state index contributed by atoms with van der Waals surface area (Å²) in [7, 11) is 0. The van der Waals surface area contributed by atoms with E-state index in [9.17, 15) is 0 Å². The van der Waals surface area contributed by atoms with Crippen molar-refractivity contribution in [2.75, 3.05) is 5.32 Å². The Labute approximate surface area is 114 Å². The van der Waals surface area contributed by atoms with E-state index in [0.29, 0.717) is 5.02 Å². The lowest BCUT2D eigenvalue weighted by Crippen LogP contribution is -1.97. The second kappa shape index (κ2) is 5.52. The molecule has 17 heavy (non-hydrogen) atoms. The predicted molar refractivity (Wildman–Crippen MR) is 76.0 cm³/mol. The minimum absolute atomic E-state index is 0.641. The molecule has 0 spiro atoms. The fraction of sp³-hybridized carbons (Fsp3) is 0.154. The minimum Gasteiger partial charge on any atom is -0.340 e. The van der Waals surface area contributed by atoms with Gasteiger partial charge in [0.15, 0.2) is 0 Å². The molecule has 0 aliphatic heterocycles. The van der Waals surface area contributed by atoms with Gasteiger partial charge in [-0.3, -0.25) is 0 Å². The lowest BCUT2D eigenvalue weighted by atomic mass is 10.1. The van der Waals surface area contributed by atoms with Gasteiger partial charge >= 0.3 is 0 Å². The summed E-state index contributed by atoms with van der Waals surface area (Å²) in [5.41, 5.74) is 2.32. The maximum Gasteiger partial charge on any atom is 0.130 e. The molecule has 0 amide bonds. The van der Waals surface area contributed by atoms with Crippen molar-refractivity contribution in [1.29, 1.82) is 0 Å². The van der Waals surface area contributed by atoms with Crippen LogP contribution in [0.2, 0.25) is 5.02 Å². The smallest absolute Gasteiger partial charge is 0.130 e. The van der Waals surface area contributed by atoms with Gasteiger partial charge < -0.3 is 5.32 Å². The molecule has 4 heteroatoms. The van der Waals surface area contributed by atoms with Crippen molar-refractivity contribution in [3.63, 3.8) is 0 Å². The van der Waals surface area contributed by atoms with Crippen LogP contribution in [0.1, 0.15) is 12.5 Å². The molecule has 2 nitrogen and oxygen atoms in total. The van der Waals surface area contributed by atoms with Gasteiger partial charge in [0.1, 0.15) is 5.82 Å². The van der Waals surface area contributed by atoms with Crippen molar-refractivity contribution in [3.05, 3.63) is 51.6 Å². The zero-order chi connectivity index (χ0) is 12.3. The highest BCUT2D eigenvalue weighted by atomic mass is 79.9. The van der Waals surface area contributed by atoms with Crippen LogP contribution in [0.5, 0.6) is 0 Å². The maximum atomic E-state index is 5.80. The van der Waals surface area contributed by atoms with Crippen LogP contribution in [0, 0.1) is 0 Å². The molecule has 0 fully saturated rings. The molecule has 0 saturated carbocycles. The average Bonchev–Trinajstić information content (AvgIpc) is 2.34. The largest absolute Gasteiger partial charge is 0.340 e. The molecule has 0 unspecified atom stereocenters. The molecule has 1 aromatic heterocycles. The molecule has 0 radical (unpaired) electrons. The van der Waals surface area contributed by atoms with E-state index in [0.717, 1.165) is 22.4 Å². The molecule has 1 heterocycles. The van der Waals surface area contributed by atoms with Gasteiger partial charge in [0.25, 0.3) is 0 Å². The van der Waals surface area contributed by atoms with E-state index in [-0.39, 0.29) is 0 Å². The number of anilines is 2. The third-order valence-electron chi connectivity index (χ3n) is 2.44. The first-order valence-corrected chi connectivity index (χ1v) is 6.53. The molecule has 0 aliphatic carbocycles. The number of rotatable bonds is 3. The molecule has 2 aromatic rings. The van der Waals surface area contributed by atoms with Crippen LogP contribution in [-0.4, -0.2) is 4.98 Å². The summed E-state index contributed by atoms with van der Waals surface area (Å²) in [6.45, 7) is 2.13. The predicted octanol–water partition coefficient (Wildman–Crippen LogP) is 4.80. The van der Waals surface area contributed by atoms with Gasteiger partial charge in [0, 0.05) is 16.4 Å². The Bertz CT molecular complexity index is 511. The second-order valence-corrected chi connectivity index (χ2v) is 4.99. The van der Waals surface area contributed by atoms with Gasteiger partial charge in [0.2, 0.25) is 0 Å². The van der Waals surface area contributed by atoms with Crippen molar-refractivity contribution < 1.29 is 0 Å². The number of hydrogen-bond acceptors (Lipinski definition) is 2. The van der Waals surface area contributed by atoms with Gasteiger partial charge in [-0.1, -0.05) is 34.5 Å². The summed E-state index contributed by atoms with van der Waals surface area (Å²) >= 11 is 9.27. The minimum atomic E-state index is 0.641. The van der Waals surface area contributed by atoms with E-state index in [1.165, 1.54) is 5.56 Å². The molecule has 0 bridgehead atoms. The first-order chi connectivity index (χ1) is 8.19. The van der Waals surface area contributed by atoms with Crippen LogP contribution in [0.25, 0.3) is 0 Å². The Morgan fingerprint density at radius 3 is 2.76 bits per heavy atom. The van der Waals surface area contributed by atoms with Gasteiger partial charge in [-0.2, -0.15) is 0 Å². The van der Waals surface area contributed by atoms with E-state index in [1.807, 2.05) is 24.3 Å². The summed E-state index contributed by atoms with van der Waals surface area (Å²) in [5.74, 6) is 0.798. The van der Waals surface area contributed by atoms with Crippen LogP contribution in [0.15, 0.2) is 41.0 Å². The zero-order valence-electron chi connectivity index (χ0n) is 9.37. The van der Waals surface area contributed by atoms with Crippen LogP contribution >= 0.6 is 27.5 Å². The summed E-state index contributed by atoms with van der Waals surface area (Å²) in [6, 6.07) is 9.85. The standard InChI is InChI=1S/C13H12BrClN2/c1-2-9-7-10(14)3-5-12(9)17-13-6-4-11(15)8-16-13/h3-8H,2H2,1H3,(H,16,17). The fourth-order valence-electron chi connectivity index (χ4n) is 1.56. The molecule has 0 aliphatic rings. The molecule has 1 aromatic carbocycles. The zero-order valence-corrected chi connectivity index (χ0v) is 11.7. The summed E-state index contributed by atoms with van der Waals surface area (Å²) in [5, 5.41) is 3.93. The lowest BCUT2D eigenvalue weighted by molar-refractivity contribution is 1.13. The van der Waals surface area contributed by atoms with E-state index < -0.39 is 0 Å². The lowest BCUT2D eigenvalue weighted by Gasteiger charge is -2.10. The number of nitrogens with zero attached hydrogens (tertiary/aromatic N) is 1.